The van der Waals surface area contributed by atoms with Gasteiger partial charge in [-0.15, -0.1) is 0 Å². The zero-order chi connectivity index (χ0) is 17.6. The summed E-state index contributed by atoms with van der Waals surface area (Å²) in [5.41, 5.74) is 0. The van der Waals surface area contributed by atoms with Crippen LogP contribution in [0.5, 0.6) is 0 Å². The maximum atomic E-state index is 10.7. The van der Waals surface area contributed by atoms with E-state index in [-0.39, 0.29) is 13.0 Å². The van der Waals surface area contributed by atoms with E-state index in [9.17, 15) is 15.0 Å². The summed E-state index contributed by atoms with van der Waals surface area (Å²) in [6.45, 7) is 5.32. The number of amidine groups is 1. The average molecular weight is 341 g/mol. The zero-order valence-electron chi connectivity index (χ0n) is 15.5. The van der Waals surface area contributed by atoms with Gasteiger partial charge in [0.15, 0.2) is 0 Å². The number of carboxylic acid groups (broad SMARTS) is 1. The van der Waals surface area contributed by atoms with E-state index in [4.69, 9.17) is 0 Å². The fraction of sp³-hybridized carbons (Fsp3) is 0.895. The minimum Gasteiger partial charge on any atom is -0.550 e. The third kappa shape index (κ3) is 8.67. The monoisotopic (exact) mass is 340 g/mol. The molecule has 5 nitrogen and oxygen atoms in total. The summed E-state index contributed by atoms with van der Waals surface area (Å²) < 4.78 is 2.21. The van der Waals surface area contributed by atoms with Crippen LogP contribution in [-0.2, 0) is 4.79 Å². The summed E-state index contributed by atoms with van der Waals surface area (Å²) in [5, 5.41) is 19.9. The second kappa shape index (κ2) is 13.2. The molecule has 5 heteroatoms. The molecule has 0 unspecified atom stereocenters. The van der Waals surface area contributed by atoms with Crippen molar-refractivity contribution in [3.8, 4) is 0 Å². The Morgan fingerprint density at radius 1 is 1.12 bits per heavy atom. The standard InChI is InChI=1S/C19H36N2O3/c1-2-3-4-5-6-7-8-9-10-11-18-20(13-12-19(23)24)14-15-21(18)16-17-22/h22H,2-17H2,1H3. The van der Waals surface area contributed by atoms with Gasteiger partial charge in [0, 0.05) is 18.8 Å². The third-order valence-electron chi connectivity index (χ3n) is 4.83. The number of aliphatic hydroxyl groups is 1. The Kier molecular flexibility index (Phi) is 11.5. The molecule has 0 aromatic heterocycles. The minimum absolute atomic E-state index is 0.0776. The van der Waals surface area contributed by atoms with Crippen molar-refractivity contribution in [3.63, 3.8) is 0 Å². The molecule has 0 aromatic rings. The normalized spacial score (nSPS) is 14.7. The van der Waals surface area contributed by atoms with Gasteiger partial charge in [0.2, 0.25) is 5.84 Å². The molecule has 0 aromatic carbocycles. The molecule has 0 fully saturated rings. The van der Waals surface area contributed by atoms with Gasteiger partial charge in [0.05, 0.1) is 13.2 Å². The van der Waals surface area contributed by atoms with Gasteiger partial charge >= 0.3 is 0 Å². The SMILES string of the molecule is CCCCCCCCCCCC1=[N+](CCO)CCN1CCC(=O)[O-]. The predicted molar refractivity (Wildman–Crippen MR) is 95.1 cm³/mol. The van der Waals surface area contributed by atoms with E-state index in [1.54, 1.807) is 0 Å². The molecule has 1 heterocycles. The lowest BCUT2D eigenvalue weighted by molar-refractivity contribution is -0.521. The molecule has 1 aliphatic rings. The van der Waals surface area contributed by atoms with E-state index in [0.717, 1.165) is 25.9 Å². The Labute approximate surface area is 147 Å². The first-order chi connectivity index (χ1) is 11.7. The number of aliphatic hydroxyl groups excluding tert-OH is 1. The molecule has 0 spiro atoms. The molecule has 0 bridgehead atoms. The second-order valence-corrected chi connectivity index (χ2v) is 6.81. The highest BCUT2D eigenvalue weighted by Crippen LogP contribution is 2.13. The van der Waals surface area contributed by atoms with Gasteiger partial charge in [-0.05, 0) is 6.42 Å². The fourth-order valence-corrected chi connectivity index (χ4v) is 3.44. The van der Waals surface area contributed by atoms with Gasteiger partial charge < -0.3 is 15.0 Å². The molecule has 0 amide bonds. The van der Waals surface area contributed by atoms with Crippen LogP contribution in [0.2, 0.25) is 0 Å². The van der Waals surface area contributed by atoms with Crippen LogP contribution in [0.15, 0.2) is 0 Å². The van der Waals surface area contributed by atoms with Gasteiger partial charge in [-0.1, -0.05) is 58.3 Å². The Balaban J connectivity index is 2.24. The number of carbonyl (C=O) groups excluding carboxylic acids is 1. The van der Waals surface area contributed by atoms with Gasteiger partial charge in [-0.25, -0.2) is 0 Å². The number of unbranched alkanes of at least 4 members (excludes halogenated alkanes) is 8. The summed E-state index contributed by atoms with van der Waals surface area (Å²) in [6, 6.07) is 0. The quantitative estimate of drug-likeness (QED) is 0.364. The lowest BCUT2D eigenvalue weighted by Crippen LogP contribution is -2.34. The van der Waals surface area contributed by atoms with E-state index in [0.29, 0.717) is 13.1 Å². The molecule has 0 atom stereocenters. The van der Waals surface area contributed by atoms with E-state index in [1.807, 2.05) is 0 Å². The molecular formula is C19H36N2O3. The molecule has 1 rings (SSSR count). The first-order valence-electron chi connectivity index (χ1n) is 9.85. The Morgan fingerprint density at radius 2 is 1.75 bits per heavy atom. The fourth-order valence-electron chi connectivity index (χ4n) is 3.44. The Morgan fingerprint density at radius 3 is 2.33 bits per heavy atom. The van der Waals surface area contributed by atoms with Crippen molar-refractivity contribution in [3.05, 3.63) is 0 Å². The predicted octanol–water partition coefficient (Wildman–Crippen LogP) is 1.77. The van der Waals surface area contributed by atoms with E-state index in [2.05, 4.69) is 16.4 Å². The molecule has 24 heavy (non-hydrogen) atoms. The molecular weight excluding hydrogens is 304 g/mol. The van der Waals surface area contributed by atoms with Gasteiger partial charge in [0.1, 0.15) is 19.6 Å². The molecule has 140 valence electrons. The van der Waals surface area contributed by atoms with Crippen LogP contribution in [0.3, 0.4) is 0 Å². The van der Waals surface area contributed by atoms with E-state index in [1.165, 1.54) is 57.2 Å². The van der Waals surface area contributed by atoms with Crippen LogP contribution in [0.25, 0.3) is 0 Å². The topological polar surface area (TPSA) is 66.6 Å². The van der Waals surface area contributed by atoms with Crippen molar-refractivity contribution < 1.29 is 19.6 Å². The molecule has 1 N–H and O–H groups in total. The molecule has 0 saturated carbocycles. The summed E-state index contributed by atoms with van der Waals surface area (Å²) in [4.78, 5) is 12.9. The molecule has 1 aliphatic heterocycles. The summed E-state index contributed by atoms with van der Waals surface area (Å²) in [6.07, 6.45) is 12.8. The smallest absolute Gasteiger partial charge is 0.247 e. The number of nitrogens with zero attached hydrogens (tertiary/aromatic N) is 2. The van der Waals surface area contributed by atoms with Crippen LogP contribution in [0.1, 0.15) is 77.6 Å². The van der Waals surface area contributed by atoms with Crippen molar-refractivity contribution in [2.24, 2.45) is 0 Å². The Hall–Kier alpha value is -1.10. The maximum Gasteiger partial charge on any atom is 0.247 e. The number of carboxylic acids is 1. The van der Waals surface area contributed by atoms with Gasteiger partial charge in [-0.2, -0.15) is 0 Å². The molecule has 0 radical (unpaired) electrons. The van der Waals surface area contributed by atoms with Crippen LogP contribution in [-0.4, -0.2) is 59.2 Å². The number of hydrogen-bond acceptors (Lipinski definition) is 4. The summed E-state index contributed by atoms with van der Waals surface area (Å²) in [5.74, 6) is 0.228. The lowest BCUT2D eigenvalue weighted by atomic mass is 10.1. The van der Waals surface area contributed by atoms with E-state index < -0.39 is 5.97 Å². The van der Waals surface area contributed by atoms with Crippen LogP contribution < -0.4 is 5.11 Å². The van der Waals surface area contributed by atoms with Crippen LogP contribution in [0.4, 0.5) is 0 Å². The highest BCUT2D eigenvalue weighted by Gasteiger charge is 2.28. The summed E-state index contributed by atoms with van der Waals surface area (Å²) >= 11 is 0. The molecule has 0 aliphatic carbocycles. The van der Waals surface area contributed by atoms with Crippen molar-refractivity contribution in [1.29, 1.82) is 0 Å². The largest absolute Gasteiger partial charge is 0.550 e. The third-order valence-corrected chi connectivity index (χ3v) is 4.83. The van der Waals surface area contributed by atoms with Crippen molar-refractivity contribution in [2.75, 3.05) is 32.8 Å². The number of carbonyl (C=O) groups is 1. The van der Waals surface area contributed by atoms with Crippen LogP contribution in [0, 0.1) is 0 Å². The average Bonchev–Trinajstić information content (AvgIpc) is 2.94. The first-order valence-corrected chi connectivity index (χ1v) is 9.85. The van der Waals surface area contributed by atoms with Crippen molar-refractivity contribution in [1.82, 2.24) is 4.90 Å². The molecule has 0 saturated heterocycles. The second-order valence-electron chi connectivity index (χ2n) is 6.81. The van der Waals surface area contributed by atoms with Crippen molar-refractivity contribution in [2.45, 2.75) is 77.6 Å². The van der Waals surface area contributed by atoms with Crippen LogP contribution >= 0.6 is 0 Å². The Bertz CT molecular complexity index is 383. The highest BCUT2D eigenvalue weighted by molar-refractivity contribution is 5.79. The summed E-state index contributed by atoms with van der Waals surface area (Å²) in [7, 11) is 0. The number of aliphatic carboxylic acids is 1. The highest BCUT2D eigenvalue weighted by atomic mass is 16.4. The maximum absolute atomic E-state index is 10.7. The number of β-amino-alcohol motifs (C(OH)–C–C–N with tert-alkyl or cyclic N) is 1. The zero-order valence-corrected chi connectivity index (χ0v) is 15.5. The number of hydrogen-bond donors (Lipinski definition) is 1. The van der Waals surface area contributed by atoms with Gasteiger partial charge in [-0.3, -0.25) is 9.48 Å². The minimum atomic E-state index is -0.988. The lowest BCUT2D eigenvalue weighted by Gasteiger charge is -2.14. The first kappa shape index (κ1) is 20.9. The number of rotatable bonds is 15. The van der Waals surface area contributed by atoms with Crippen molar-refractivity contribution >= 4 is 11.8 Å². The van der Waals surface area contributed by atoms with E-state index >= 15 is 0 Å². The van der Waals surface area contributed by atoms with Gasteiger partial charge in [0.25, 0.3) is 0 Å².